The standard InChI is InChI=1S/C15H22O9/c1-2-3-4-5-11(19)22-8-10(18)13-12(20)14(15(21)24-13)23-7-9(17)6-16/h3-4,9-10,13,16-18,20H,2,5-8H2,1H3/b4-3+. The molecule has 0 saturated heterocycles. The summed E-state index contributed by atoms with van der Waals surface area (Å²) in [5, 5.41) is 37.6. The molecule has 1 rings (SSSR count). The Morgan fingerprint density at radius 1 is 1.33 bits per heavy atom. The second kappa shape index (κ2) is 9.91. The van der Waals surface area contributed by atoms with Crippen molar-refractivity contribution in [1.29, 1.82) is 0 Å². The van der Waals surface area contributed by atoms with Crippen LogP contribution in [0.4, 0.5) is 0 Å². The van der Waals surface area contributed by atoms with Crippen LogP contribution >= 0.6 is 0 Å². The molecule has 0 bridgehead atoms. The molecule has 0 radical (unpaired) electrons. The van der Waals surface area contributed by atoms with E-state index in [2.05, 4.69) is 0 Å². The van der Waals surface area contributed by atoms with Crippen LogP contribution in [0.5, 0.6) is 0 Å². The molecule has 1 aliphatic rings. The summed E-state index contributed by atoms with van der Waals surface area (Å²) < 4.78 is 14.4. The van der Waals surface area contributed by atoms with E-state index in [-0.39, 0.29) is 6.42 Å². The van der Waals surface area contributed by atoms with Gasteiger partial charge in [0.15, 0.2) is 11.9 Å². The Morgan fingerprint density at radius 3 is 2.67 bits per heavy atom. The Morgan fingerprint density at radius 2 is 2.04 bits per heavy atom. The molecule has 0 spiro atoms. The number of carbonyl (C=O) groups excluding carboxylic acids is 2. The highest BCUT2D eigenvalue weighted by Crippen LogP contribution is 2.24. The third kappa shape index (κ3) is 5.84. The van der Waals surface area contributed by atoms with Gasteiger partial charge < -0.3 is 34.6 Å². The first-order chi connectivity index (χ1) is 11.4. The number of aliphatic hydroxyl groups is 4. The highest BCUT2D eigenvalue weighted by molar-refractivity contribution is 5.89. The predicted molar refractivity (Wildman–Crippen MR) is 79.6 cm³/mol. The van der Waals surface area contributed by atoms with Gasteiger partial charge in [-0.25, -0.2) is 4.79 Å². The van der Waals surface area contributed by atoms with Crippen molar-refractivity contribution in [3.63, 3.8) is 0 Å². The molecular formula is C15H22O9. The molecule has 0 aromatic carbocycles. The highest BCUT2D eigenvalue weighted by atomic mass is 16.6. The fourth-order valence-electron chi connectivity index (χ4n) is 1.76. The topological polar surface area (TPSA) is 143 Å². The van der Waals surface area contributed by atoms with E-state index in [1.807, 2.05) is 6.92 Å². The van der Waals surface area contributed by atoms with E-state index >= 15 is 0 Å². The summed E-state index contributed by atoms with van der Waals surface area (Å²) in [6.45, 7) is 0.409. The minimum absolute atomic E-state index is 0.0419. The van der Waals surface area contributed by atoms with Crippen LogP contribution in [-0.4, -0.2) is 70.5 Å². The average Bonchev–Trinajstić information content (AvgIpc) is 2.85. The van der Waals surface area contributed by atoms with Gasteiger partial charge in [0, 0.05) is 0 Å². The van der Waals surface area contributed by atoms with Crippen molar-refractivity contribution in [2.24, 2.45) is 0 Å². The second-order valence-electron chi connectivity index (χ2n) is 5.02. The van der Waals surface area contributed by atoms with Crippen LogP contribution in [0.3, 0.4) is 0 Å². The molecule has 4 N–H and O–H groups in total. The first kappa shape index (κ1) is 19.9. The quantitative estimate of drug-likeness (QED) is 0.298. The molecule has 9 nitrogen and oxygen atoms in total. The zero-order chi connectivity index (χ0) is 18.1. The van der Waals surface area contributed by atoms with Crippen LogP contribution in [0.15, 0.2) is 23.7 Å². The lowest BCUT2D eigenvalue weighted by Gasteiger charge is -2.16. The molecule has 0 aromatic rings. The summed E-state index contributed by atoms with van der Waals surface area (Å²) in [5.41, 5.74) is 0. The number of hydrogen-bond donors (Lipinski definition) is 4. The summed E-state index contributed by atoms with van der Waals surface area (Å²) in [6.07, 6.45) is 0.0877. The third-order valence-corrected chi connectivity index (χ3v) is 3.00. The first-order valence-corrected chi connectivity index (χ1v) is 7.45. The van der Waals surface area contributed by atoms with Gasteiger partial charge in [-0.3, -0.25) is 4.79 Å². The predicted octanol–water partition coefficient (Wildman–Crippen LogP) is -0.688. The molecule has 3 atom stereocenters. The van der Waals surface area contributed by atoms with Crippen molar-refractivity contribution in [3.8, 4) is 0 Å². The van der Waals surface area contributed by atoms with Crippen LogP contribution in [0.1, 0.15) is 19.8 Å². The maximum atomic E-state index is 11.6. The molecular weight excluding hydrogens is 324 g/mol. The van der Waals surface area contributed by atoms with Gasteiger partial charge in [-0.2, -0.15) is 0 Å². The molecule has 0 saturated carbocycles. The van der Waals surface area contributed by atoms with E-state index in [1.54, 1.807) is 12.2 Å². The van der Waals surface area contributed by atoms with Crippen molar-refractivity contribution >= 4 is 11.9 Å². The first-order valence-electron chi connectivity index (χ1n) is 7.45. The molecule has 136 valence electrons. The lowest BCUT2D eigenvalue weighted by Crippen LogP contribution is -2.33. The number of hydrogen-bond acceptors (Lipinski definition) is 9. The number of cyclic esters (lactones) is 1. The van der Waals surface area contributed by atoms with Gasteiger partial charge in [0.1, 0.15) is 25.4 Å². The Bertz CT molecular complexity index is 497. The zero-order valence-electron chi connectivity index (χ0n) is 13.3. The SMILES string of the molecule is CC/C=C/CC(=O)OCC(O)C1OC(=O)C(OCC(O)CO)=C1O. The van der Waals surface area contributed by atoms with Crippen molar-refractivity contribution in [2.75, 3.05) is 19.8 Å². The van der Waals surface area contributed by atoms with Gasteiger partial charge in [0.2, 0.25) is 5.76 Å². The van der Waals surface area contributed by atoms with E-state index in [9.17, 15) is 19.8 Å². The van der Waals surface area contributed by atoms with Gasteiger partial charge in [-0.15, -0.1) is 0 Å². The van der Waals surface area contributed by atoms with Crippen molar-refractivity contribution in [2.45, 2.75) is 38.1 Å². The second-order valence-corrected chi connectivity index (χ2v) is 5.02. The fraction of sp³-hybridized carbons (Fsp3) is 0.600. The smallest absolute Gasteiger partial charge is 0.378 e. The Kier molecular flexibility index (Phi) is 8.24. The third-order valence-electron chi connectivity index (χ3n) is 3.00. The zero-order valence-corrected chi connectivity index (χ0v) is 13.3. The maximum Gasteiger partial charge on any atom is 0.378 e. The minimum atomic E-state index is -1.48. The molecule has 1 aliphatic heterocycles. The lowest BCUT2D eigenvalue weighted by molar-refractivity contribution is -0.154. The van der Waals surface area contributed by atoms with E-state index in [1.165, 1.54) is 0 Å². The molecule has 0 aromatic heterocycles. The Labute approximate surface area is 138 Å². The molecule has 1 heterocycles. The lowest BCUT2D eigenvalue weighted by atomic mass is 10.2. The van der Waals surface area contributed by atoms with Crippen LogP contribution < -0.4 is 0 Å². The largest absolute Gasteiger partial charge is 0.505 e. The van der Waals surface area contributed by atoms with Gasteiger partial charge in [0.05, 0.1) is 13.0 Å². The number of ether oxygens (including phenoxy) is 3. The maximum absolute atomic E-state index is 11.6. The Hall–Kier alpha value is -2.10. The van der Waals surface area contributed by atoms with Gasteiger partial charge in [-0.05, 0) is 6.42 Å². The number of rotatable bonds is 10. The summed E-state index contributed by atoms with van der Waals surface area (Å²) in [6, 6.07) is 0. The molecule has 3 unspecified atom stereocenters. The van der Waals surface area contributed by atoms with Crippen molar-refractivity contribution < 1.29 is 44.2 Å². The summed E-state index contributed by atoms with van der Waals surface area (Å²) in [5.74, 6) is -2.84. The van der Waals surface area contributed by atoms with E-state index in [0.717, 1.165) is 6.42 Å². The van der Waals surface area contributed by atoms with E-state index in [0.29, 0.717) is 0 Å². The van der Waals surface area contributed by atoms with Crippen molar-refractivity contribution in [1.82, 2.24) is 0 Å². The van der Waals surface area contributed by atoms with Gasteiger partial charge >= 0.3 is 11.9 Å². The molecule has 24 heavy (non-hydrogen) atoms. The molecule has 0 aliphatic carbocycles. The van der Waals surface area contributed by atoms with Crippen LogP contribution in [-0.2, 0) is 23.8 Å². The summed E-state index contributed by atoms with van der Waals surface area (Å²) >= 11 is 0. The van der Waals surface area contributed by atoms with Crippen LogP contribution in [0.25, 0.3) is 0 Å². The number of aliphatic hydroxyl groups excluding tert-OH is 4. The number of esters is 2. The molecule has 0 fully saturated rings. The number of allylic oxidation sites excluding steroid dienone is 1. The fourth-order valence-corrected chi connectivity index (χ4v) is 1.76. The highest BCUT2D eigenvalue weighted by Gasteiger charge is 2.41. The van der Waals surface area contributed by atoms with E-state index in [4.69, 9.17) is 24.4 Å². The summed E-state index contributed by atoms with van der Waals surface area (Å²) in [7, 11) is 0. The van der Waals surface area contributed by atoms with Gasteiger partial charge in [-0.1, -0.05) is 19.1 Å². The van der Waals surface area contributed by atoms with Gasteiger partial charge in [0.25, 0.3) is 0 Å². The molecule has 0 amide bonds. The van der Waals surface area contributed by atoms with Crippen molar-refractivity contribution in [3.05, 3.63) is 23.7 Å². The molecule has 9 heteroatoms. The minimum Gasteiger partial charge on any atom is -0.505 e. The average molecular weight is 346 g/mol. The Balaban J connectivity index is 2.53. The van der Waals surface area contributed by atoms with Crippen LogP contribution in [0.2, 0.25) is 0 Å². The normalized spacial score (nSPS) is 20.2. The van der Waals surface area contributed by atoms with E-state index < -0.39 is 61.6 Å². The van der Waals surface area contributed by atoms with Crippen LogP contribution in [0, 0.1) is 0 Å². The summed E-state index contributed by atoms with van der Waals surface area (Å²) in [4.78, 5) is 23.0. The monoisotopic (exact) mass is 346 g/mol. The number of carbonyl (C=O) groups is 2.